The van der Waals surface area contributed by atoms with Crippen molar-refractivity contribution in [2.24, 2.45) is 10.7 Å². The van der Waals surface area contributed by atoms with Crippen LogP contribution in [0.15, 0.2) is 40.7 Å². The molecule has 0 radical (unpaired) electrons. The quantitative estimate of drug-likeness (QED) is 0.867. The Labute approximate surface area is 133 Å². The Balaban J connectivity index is 1.91. The first-order valence-electron chi connectivity index (χ1n) is 6.84. The first-order chi connectivity index (χ1) is 10.6. The SMILES string of the molecule is C#Cc1cccc(-c2csc(C3CC(=O)N(C)C(N)=N3)c2)c1. The van der Waals surface area contributed by atoms with Crippen molar-refractivity contribution in [3.05, 3.63) is 46.2 Å². The molecule has 0 saturated heterocycles. The van der Waals surface area contributed by atoms with Crippen LogP contribution in [0.4, 0.5) is 0 Å². The normalized spacial score (nSPS) is 18.0. The predicted octanol–water partition coefficient (Wildman–Crippen LogP) is 2.61. The van der Waals surface area contributed by atoms with Crippen LogP contribution in [-0.2, 0) is 4.79 Å². The maximum Gasteiger partial charge on any atom is 0.231 e. The molecule has 110 valence electrons. The molecule has 2 aromatic rings. The zero-order valence-corrected chi connectivity index (χ0v) is 12.9. The summed E-state index contributed by atoms with van der Waals surface area (Å²) in [7, 11) is 1.64. The average molecular weight is 309 g/mol. The lowest BCUT2D eigenvalue weighted by Crippen LogP contribution is -2.42. The lowest BCUT2D eigenvalue weighted by molar-refractivity contribution is -0.127. The second-order valence-electron chi connectivity index (χ2n) is 5.12. The van der Waals surface area contributed by atoms with Crippen LogP contribution in [0.5, 0.6) is 0 Å². The molecule has 5 heteroatoms. The van der Waals surface area contributed by atoms with Crippen LogP contribution in [0, 0.1) is 12.3 Å². The van der Waals surface area contributed by atoms with Gasteiger partial charge in [0, 0.05) is 17.5 Å². The number of hydrogen-bond acceptors (Lipinski definition) is 4. The predicted molar refractivity (Wildman–Crippen MR) is 89.4 cm³/mol. The maximum atomic E-state index is 11.9. The Morgan fingerprint density at radius 1 is 1.41 bits per heavy atom. The summed E-state index contributed by atoms with van der Waals surface area (Å²) in [4.78, 5) is 18.7. The molecule has 22 heavy (non-hydrogen) atoms. The Bertz CT molecular complexity index is 800. The maximum absolute atomic E-state index is 11.9. The van der Waals surface area contributed by atoms with Crippen LogP contribution in [-0.4, -0.2) is 23.8 Å². The van der Waals surface area contributed by atoms with Crippen molar-refractivity contribution in [1.29, 1.82) is 0 Å². The number of amides is 1. The van der Waals surface area contributed by atoms with E-state index in [1.165, 1.54) is 4.90 Å². The number of nitrogens with two attached hydrogens (primary N) is 1. The van der Waals surface area contributed by atoms with Crippen molar-refractivity contribution in [2.45, 2.75) is 12.5 Å². The molecule has 4 nitrogen and oxygen atoms in total. The molecule has 1 aromatic heterocycles. The Hall–Kier alpha value is -2.58. The summed E-state index contributed by atoms with van der Waals surface area (Å²) in [6, 6.07) is 9.70. The van der Waals surface area contributed by atoms with Gasteiger partial charge < -0.3 is 5.73 Å². The van der Waals surface area contributed by atoms with Crippen LogP contribution >= 0.6 is 11.3 Å². The van der Waals surface area contributed by atoms with E-state index in [2.05, 4.69) is 22.4 Å². The zero-order valence-electron chi connectivity index (χ0n) is 12.1. The number of carbonyl (C=O) groups excluding carboxylic acids is 1. The first kappa shape index (κ1) is 14.4. The Morgan fingerprint density at radius 2 is 2.23 bits per heavy atom. The van der Waals surface area contributed by atoms with Gasteiger partial charge in [0.05, 0.1) is 12.5 Å². The van der Waals surface area contributed by atoms with E-state index in [1.54, 1.807) is 18.4 Å². The van der Waals surface area contributed by atoms with E-state index in [-0.39, 0.29) is 17.9 Å². The van der Waals surface area contributed by atoms with Crippen LogP contribution in [0.3, 0.4) is 0 Å². The van der Waals surface area contributed by atoms with Crippen LogP contribution < -0.4 is 5.73 Å². The van der Waals surface area contributed by atoms with Crippen LogP contribution in [0.2, 0.25) is 0 Å². The first-order valence-corrected chi connectivity index (χ1v) is 7.72. The summed E-state index contributed by atoms with van der Waals surface area (Å²) in [5.41, 5.74) is 8.78. The number of benzene rings is 1. The second kappa shape index (κ2) is 5.66. The number of terminal acetylenes is 1. The highest BCUT2D eigenvalue weighted by atomic mass is 32.1. The van der Waals surface area contributed by atoms with Crippen molar-refractivity contribution in [3.8, 4) is 23.5 Å². The van der Waals surface area contributed by atoms with Gasteiger partial charge >= 0.3 is 0 Å². The summed E-state index contributed by atoms with van der Waals surface area (Å²) in [5, 5.41) is 2.06. The number of thiophene rings is 1. The minimum atomic E-state index is -0.196. The van der Waals surface area contributed by atoms with Crippen LogP contribution in [0.1, 0.15) is 22.9 Å². The minimum Gasteiger partial charge on any atom is -0.369 e. The molecule has 2 heterocycles. The zero-order chi connectivity index (χ0) is 15.7. The molecule has 0 saturated carbocycles. The fourth-order valence-electron chi connectivity index (χ4n) is 2.35. The van der Waals surface area contributed by atoms with Crippen molar-refractivity contribution in [3.63, 3.8) is 0 Å². The van der Waals surface area contributed by atoms with E-state index >= 15 is 0 Å². The molecule has 0 bridgehead atoms. The largest absolute Gasteiger partial charge is 0.369 e. The number of carbonyl (C=O) groups is 1. The number of rotatable bonds is 2. The smallest absolute Gasteiger partial charge is 0.231 e. The highest BCUT2D eigenvalue weighted by molar-refractivity contribution is 7.10. The lowest BCUT2D eigenvalue weighted by Gasteiger charge is -2.24. The summed E-state index contributed by atoms with van der Waals surface area (Å²) >= 11 is 1.58. The van der Waals surface area contributed by atoms with E-state index in [0.717, 1.165) is 21.6 Å². The Kier molecular flexibility index (Phi) is 3.70. The van der Waals surface area contributed by atoms with E-state index in [9.17, 15) is 4.79 Å². The molecule has 1 atom stereocenters. The van der Waals surface area contributed by atoms with Gasteiger partial charge in [-0.2, -0.15) is 0 Å². The third-order valence-corrected chi connectivity index (χ3v) is 4.72. The number of hydrogen-bond donors (Lipinski definition) is 1. The molecular weight excluding hydrogens is 294 g/mol. The van der Waals surface area contributed by atoms with Gasteiger partial charge in [0.2, 0.25) is 5.91 Å². The van der Waals surface area contributed by atoms with Gasteiger partial charge in [-0.25, -0.2) is 4.99 Å². The second-order valence-corrected chi connectivity index (χ2v) is 6.07. The van der Waals surface area contributed by atoms with Crippen molar-refractivity contribution in [2.75, 3.05) is 7.05 Å². The molecule has 1 aliphatic rings. The van der Waals surface area contributed by atoms with Gasteiger partial charge in [0.25, 0.3) is 0 Å². The molecule has 3 rings (SSSR count). The van der Waals surface area contributed by atoms with Gasteiger partial charge in [-0.15, -0.1) is 17.8 Å². The Morgan fingerprint density at radius 3 is 2.95 bits per heavy atom. The van der Waals surface area contributed by atoms with E-state index < -0.39 is 0 Å². The third kappa shape index (κ3) is 2.61. The van der Waals surface area contributed by atoms with Gasteiger partial charge in [0.15, 0.2) is 5.96 Å². The van der Waals surface area contributed by atoms with Crippen LogP contribution in [0.25, 0.3) is 11.1 Å². The van der Waals surface area contributed by atoms with Gasteiger partial charge in [-0.05, 0) is 34.7 Å². The third-order valence-electron chi connectivity index (χ3n) is 3.68. The molecule has 1 amide bonds. The fourth-order valence-corrected chi connectivity index (χ4v) is 3.31. The summed E-state index contributed by atoms with van der Waals surface area (Å²) in [6.07, 6.45) is 5.79. The number of guanidine groups is 1. The number of aliphatic imine (C=N–C) groups is 1. The molecule has 1 aromatic carbocycles. The van der Waals surface area contributed by atoms with E-state index in [4.69, 9.17) is 12.2 Å². The summed E-state index contributed by atoms with van der Waals surface area (Å²) < 4.78 is 0. The molecule has 1 unspecified atom stereocenters. The monoisotopic (exact) mass is 309 g/mol. The topological polar surface area (TPSA) is 58.7 Å². The average Bonchev–Trinajstić information content (AvgIpc) is 3.02. The van der Waals surface area contributed by atoms with E-state index in [0.29, 0.717) is 6.42 Å². The van der Waals surface area contributed by atoms with Crippen molar-refractivity contribution >= 4 is 23.2 Å². The molecule has 0 spiro atoms. The molecule has 0 aliphatic carbocycles. The molecule has 0 fully saturated rings. The van der Waals surface area contributed by atoms with Gasteiger partial charge in [-0.3, -0.25) is 9.69 Å². The highest BCUT2D eigenvalue weighted by Crippen LogP contribution is 2.34. The summed E-state index contributed by atoms with van der Waals surface area (Å²) in [6.45, 7) is 0. The fraction of sp³-hybridized carbons (Fsp3) is 0.176. The molecular formula is C17H15N3OS. The van der Waals surface area contributed by atoms with E-state index in [1.807, 2.05) is 24.3 Å². The van der Waals surface area contributed by atoms with Crippen molar-refractivity contribution < 1.29 is 4.79 Å². The highest BCUT2D eigenvalue weighted by Gasteiger charge is 2.26. The summed E-state index contributed by atoms with van der Waals surface area (Å²) in [5.74, 6) is 2.90. The van der Waals surface area contributed by atoms with Gasteiger partial charge in [-0.1, -0.05) is 18.1 Å². The lowest BCUT2D eigenvalue weighted by atomic mass is 10.0. The molecule has 2 N–H and O–H groups in total. The minimum absolute atomic E-state index is 0.0122. The van der Waals surface area contributed by atoms with Gasteiger partial charge in [0.1, 0.15) is 0 Å². The standard InChI is InChI=1S/C17H15N3OS/c1-3-11-5-4-6-12(7-11)13-8-15(22-10-13)14-9-16(21)20(2)17(18)19-14/h1,4-8,10,14H,9H2,2H3,(H2,18,19). The van der Waals surface area contributed by atoms with Crippen molar-refractivity contribution in [1.82, 2.24) is 4.90 Å². The molecule has 1 aliphatic heterocycles. The number of nitrogens with zero attached hydrogens (tertiary/aromatic N) is 2.